The van der Waals surface area contributed by atoms with E-state index in [0.29, 0.717) is 5.92 Å². The number of hydrogen-bond acceptors (Lipinski definition) is 2. The molecule has 0 bridgehead atoms. The number of rotatable bonds is 2. The molecular weight excluding hydrogens is 236 g/mol. The Morgan fingerprint density at radius 3 is 2.95 bits per heavy atom. The molecule has 1 N–H and O–H groups in total. The molecule has 3 heteroatoms. The van der Waals surface area contributed by atoms with Crippen molar-refractivity contribution in [1.82, 2.24) is 4.90 Å². The lowest BCUT2D eigenvalue weighted by atomic mass is 9.75. The summed E-state index contributed by atoms with van der Waals surface area (Å²) < 4.78 is 0. The van der Waals surface area contributed by atoms with E-state index in [4.69, 9.17) is 0 Å². The molecule has 1 aromatic carbocycles. The molecule has 1 atom stereocenters. The highest BCUT2D eigenvalue weighted by molar-refractivity contribution is 6.06. The lowest BCUT2D eigenvalue weighted by Gasteiger charge is -2.39. The van der Waals surface area contributed by atoms with Gasteiger partial charge in [0.15, 0.2) is 0 Å². The number of amides is 1. The summed E-state index contributed by atoms with van der Waals surface area (Å²) in [4.78, 5) is 15.0. The second-order valence-electron chi connectivity index (χ2n) is 6.31. The van der Waals surface area contributed by atoms with Crippen molar-refractivity contribution in [2.45, 2.75) is 32.1 Å². The first-order valence-corrected chi connectivity index (χ1v) is 7.25. The van der Waals surface area contributed by atoms with E-state index in [1.165, 1.54) is 5.56 Å². The van der Waals surface area contributed by atoms with Crippen molar-refractivity contribution >= 4 is 11.6 Å². The van der Waals surface area contributed by atoms with Gasteiger partial charge in [-0.2, -0.15) is 0 Å². The molecule has 0 aromatic heterocycles. The summed E-state index contributed by atoms with van der Waals surface area (Å²) in [5.41, 5.74) is 1.91. The summed E-state index contributed by atoms with van der Waals surface area (Å²) in [7, 11) is 0. The van der Waals surface area contributed by atoms with Crippen LogP contribution in [0.3, 0.4) is 0 Å². The Kier molecular flexibility index (Phi) is 3.09. The van der Waals surface area contributed by atoms with Gasteiger partial charge in [-0.3, -0.25) is 4.79 Å². The number of carbonyl (C=O) groups is 1. The summed E-state index contributed by atoms with van der Waals surface area (Å²) in [6.07, 6.45) is 2.08. The maximum Gasteiger partial charge on any atom is 0.236 e. The van der Waals surface area contributed by atoms with E-state index in [2.05, 4.69) is 30.1 Å². The van der Waals surface area contributed by atoms with Crippen LogP contribution >= 0.6 is 0 Å². The molecule has 3 rings (SSSR count). The van der Waals surface area contributed by atoms with Crippen molar-refractivity contribution in [3.63, 3.8) is 0 Å². The second-order valence-corrected chi connectivity index (χ2v) is 6.31. The van der Waals surface area contributed by atoms with Crippen LogP contribution < -0.4 is 5.32 Å². The SMILES string of the molecule is CC(C)CN1CCCC2(C1)C(=O)Nc1ccccc12. The van der Waals surface area contributed by atoms with E-state index >= 15 is 0 Å². The fourth-order valence-electron chi connectivity index (χ4n) is 3.60. The van der Waals surface area contributed by atoms with Gasteiger partial charge in [-0.05, 0) is 36.9 Å². The molecule has 2 heterocycles. The topological polar surface area (TPSA) is 32.3 Å². The number of piperidine rings is 1. The van der Waals surface area contributed by atoms with Crippen LogP contribution in [0.15, 0.2) is 24.3 Å². The van der Waals surface area contributed by atoms with Crippen molar-refractivity contribution in [2.75, 3.05) is 25.0 Å². The van der Waals surface area contributed by atoms with Gasteiger partial charge in [0.05, 0.1) is 5.41 Å². The maximum atomic E-state index is 12.5. The molecular formula is C16H22N2O. The molecule has 0 aliphatic carbocycles. The zero-order chi connectivity index (χ0) is 13.5. The Morgan fingerprint density at radius 1 is 1.37 bits per heavy atom. The highest BCUT2D eigenvalue weighted by Gasteiger charge is 2.48. The normalized spacial score (nSPS) is 26.8. The fraction of sp³-hybridized carbons (Fsp3) is 0.562. The maximum absolute atomic E-state index is 12.5. The zero-order valence-electron chi connectivity index (χ0n) is 11.8. The average Bonchev–Trinajstić information content (AvgIpc) is 2.63. The fourth-order valence-corrected chi connectivity index (χ4v) is 3.60. The minimum atomic E-state index is -0.302. The first kappa shape index (κ1) is 12.7. The van der Waals surface area contributed by atoms with Crippen molar-refractivity contribution in [2.24, 2.45) is 5.92 Å². The van der Waals surface area contributed by atoms with Gasteiger partial charge in [0.1, 0.15) is 0 Å². The highest BCUT2D eigenvalue weighted by Crippen LogP contribution is 2.43. The highest BCUT2D eigenvalue weighted by atomic mass is 16.2. The van der Waals surface area contributed by atoms with Crippen LogP contribution in [-0.2, 0) is 10.2 Å². The van der Waals surface area contributed by atoms with Gasteiger partial charge >= 0.3 is 0 Å². The molecule has 1 fully saturated rings. The molecule has 1 aromatic rings. The van der Waals surface area contributed by atoms with Gasteiger partial charge in [-0.15, -0.1) is 0 Å². The van der Waals surface area contributed by atoms with Crippen LogP contribution in [0.2, 0.25) is 0 Å². The Morgan fingerprint density at radius 2 is 2.16 bits per heavy atom. The third kappa shape index (κ3) is 2.06. The van der Waals surface area contributed by atoms with Crippen molar-refractivity contribution in [1.29, 1.82) is 0 Å². The first-order valence-electron chi connectivity index (χ1n) is 7.25. The van der Waals surface area contributed by atoms with Crippen LogP contribution in [-0.4, -0.2) is 30.4 Å². The Labute approximate surface area is 115 Å². The lowest BCUT2D eigenvalue weighted by Crippen LogP contribution is -2.50. The number of nitrogens with zero attached hydrogens (tertiary/aromatic N) is 1. The van der Waals surface area contributed by atoms with Gasteiger partial charge in [0.25, 0.3) is 0 Å². The molecule has 1 unspecified atom stereocenters. The molecule has 3 nitrogen and oxygen atoms in total. The first-order chi connectivity index (χ1) is 9.12. The Balaban J connectivity index is 1.92. The molecule has 19 heavy (non-hydrogen) atoms. The molecule has 2 aliphatic rings. The van der Waals surface area contributed by atoms with E-state index in [1.807, 2.05) is 18.2 Å². The third-order valence-corrected chi connectivity index (χ3v) is 4.32. The van der Waals surface area contributed by atoms with Crippen LogP contribution in [0.1, 0.15) is 32.3 Å². The van der Waals surface area contributed by atoms with E-state index in [-0.39, 0.29) is 11.3 Å². The number of fused-ring (bicyclic) bond motifs is 2. The van der Waals surface area contributed by atoms with Crippen molar-refractivity contribution in [3.8, 4) is 0 Å². The molecule has 0 radical (unpaired) electrons. The minimum Gasteiger partial charge on any atom is -0.325 e. The van der Waals surface area contributed by atoms with Gasteiger partial charge in [0.2, 0.25) is 5.91 Å². The molecule has 0 saturated carbocycles. The summed E-state index contributed by atoms with van der Waals surface area (Å²) >= 11 is 0. The molecule has 2 aliphatic heterocycles. The summed E-state index contributed by atoms with van der Waals surface area (Å²) in [6.45, 7) is 7.55. The number of carbonyl (C=O) groups excluding carboxylic acids is 1. The zero-order valence-corrected chi connectivity index (χ0v) is 11.8. The van der Waals surface area contributed by atoms with Crippen LogP contribution in [0.5, 0.6) is 0 Å². The number of anilines is 1. The summed E-state index contributed by atoms with van der Waals surface area (Å²) in [5.74, 6) is 0.844. The minimum absolute atomic E-state index is 0.196. The lowest BCUT2D eigenvalue weighted by molar-refractivity contribution is -0.122. The molecule has 102 valence electrons. The third-order valence-electron chi connectivity index (χ3n) is 4.32. The second kappa shape index (κ2) is 4.64. The number of para-hydroxylation sites is 1. The average molecular weight is 258 g/mol. The monoisotopic (exact) mass is 258 g/mol. The Hall–Kier alpha value is -1.35. The van der Waals surface area contributed by atoms with E-state index < -0.39 is 0 Å². The predicted octanol–water partition coefficient (Wildman–Crippen LogP) is 2.63. The number of nitrogens with one attached hydrogen (secondary N) is 1. The molecule has 1 spiro atoms. The quantitative estimate of drug-likeness (QED) is 0.884. The largest absolute Gasteiger partial charge is 0.325 e. The van der Waals surface area contributed by atoms with Gasteiger partial charge in [-0.1, -0.05) is 32.0 Å². The van der Waals surface area contributed by atoms with Gasteiger partial charge in [-0.25, -0.2) is 0 Å². The standard InChI is InChI=1S/C16H22N2O/c1-12(2)10-18-9-5-8-16(11-18)13-6-3-4-7-14(13)17-15(16)19/h3-4,6-7,12H,5,8-11H2,1-2H3,(H,17,19). The Bertz CT molecular complexity index is 497. The van der Waals surface area contributed by atoms with Crippen LogP contribution in [0, 0.1) is 5.92 Å². The van der Waals surface area contributed by atoms with Crippen molar-refractivity contribution < 1.29 is 4.79 Å². The van der Waals surface area contributed by atoms with Crippen LogP contribution in [0.25, 0.3) is 0 Å². The van der Waals surface area contributed by atoms with Gasteiger partial charge < -0.3 is 10.2 Å². The number of likely N-dealkylation sites (tertiary alicyclic amines) is 1. The van der Waals surface area contributed by atoms with E-state index in [9.17, 15) is 4.79 Å². The predicted molar refractivity (Wildman–Crippen MR) is 77.3 cm³/mol. The number of hydrogen-bond donors (Lipinski definition) is 1. The smallest absolute Gasteiger partial charge is 0.236 e. The number of benzene rings is 1. The van der Waals surface area contributed by atoms with E-state index in [0.717, 1.165) is 38.2 Å². The van der Waals surface area contributed by atoms with Crippen LogP contribution in [0.4, 0.5) is 5.69 Å². The van der Waals surface area contributed by atoms with Gasteiger partial charge in [0, 0.05) is 18.8 Å². The van der Waals surface area contributed by atoms with E-state index in [1.54, 1.807) is 0 Å². The van der Waals surface area contributed by atoms with Crippen molar-refractivity contribution in [3.05, 3.63) is 29.8 Å². The summed E-state index contributed by atoms with van der Waals surface area (Å²) in [5, 5.41) is 3.07. The molecule has 1 saturated heterocycles. The summed E-state index contributed by atoms with van der Waals surface area (Å²) in [6, 6.07) is 8.17. The molecule has 1 amide bonds.